The van der Waals surface area contributed by atoms with Crippen LogP contribution >= 0.6 is 11.6 Å². The number of hydrogen-bond acceptors (Lipinski definition) is 1. The Hall–Kier alpha value is -1.08. The summed E-state index contributed by atoms with van der Waals surface area (Å²) in [5.41, 5.74) is 3.33. The molecule has 1 nitrogen and oxygen atoms in total. The minimum Gasteiger partial charge on any atom is -0.256 e. The molecule has 1 heterocycles. The highest BCUT2D eigenvalue weighted by molar-refractivity contribution is 6.32. The molecule has 14 heavy (non-hydrogen) atoms. The fourth-order valence-electron chi connectivity index (χ4n) is 1.56. The molecule has 72 valence electrons. The van der Waals surface area contributed by atoms with E-state index in [0.717, 1.165) is 22.5 Å². The summed E-state index contributed by atoms with van der Waals surface area (Å²) in [6, 6.07) is 6.13. The van der Waals surface area contributed by atoms with Crippen molar-refractivity contribution in [3.63, 3.8) is 0 Å². The minimum absolute atomic E-state index is 0.786. The average Bonchev–Trinajstić information content (AvgIpc) is 2.23. The first-order chi connectivity index (χ1) is 6.72. The summed E-state index contributed by atoms with van der Waals surface area (Å²) in [5, 5.41) is 1.96. The van der Waals surface area contributed by atoms with Gasteiger partial charge in [0.1, 0.15) is 0 Å². The number of pyridine rings is 1. The molecule has 2 heteroatoms. The number of aryl methyl sites for hydroxylation is 2. The monoisotopic (exact) mass is 205 g/mol. The zero-order valence-corrected chi connectivity index (χ0v) is 9.10. The van der Waals surface area contributed by atoms with Crippen molar-refractivity contribution in [3.05, 3.63) is 40.5 Å². The van der Waals surface area contributed by atoms with Gasteiger partial charge in [0.05, 0.1) is 5.52 Å². The topological polar surface area (TPSA) is 12.9 Å². The lowest BCUT2D eigenvalue weighted by Crippen LogP contribution is -1.88. The summed E-state index contributed by atoms with van der Waals surface area (Å²) in [6.07, 6.45) is 2.94. The lowest BCUT2D eigenvalue weighted by atomic mass is 10.1. The predicted octanol–water partition coefficient (Wildman–Crippen LogP) is 3.76. The van der Waals surface area contributed by atoms with Gasteiger partial charge in [-0.25, -0.2) is 0 Å². The molecule has 0 saturated carbocycles. The molecule has 0 atom stereocenters. The van der Waals surface area contributed by atoms with Crippen LogP contribution in [0.4, 0.5) is 0 Å². The molecule has 0 fully saturated rings. The molecule has 0 radical (unpaired) electrons. The third kappa shape index (κ3) is 1.48. The van der Waals surface area contributed by atoms with E-state index < -0.39 is 0 Å². The largest absolute Gasteiger partial charge is 0.256 e. The van der Waals surface area contributed by atoms with E-state index in [0.29, 0.717) is 0 Å². The first-order valence-corrected chi connectivity index (χ1v) is 5.14. The van der Waals surface area contributed by atoms with Gasteiger partial charge in [0.2, 0.25) is 0 Å². The fraction of sp³-hybridized carbons (Fsp3) is 0.250. The van der Waals surface area contributed by atoms with Gasteiger partial charge in [-0.1, -0.05) is 24.6 Å². The second kappa shape index (κ2) is 3.58. The highest BCUT2D eigenvalue weighted by Crippen LogP contribution is 2.24. The van der Waals surface area contributed by atoms with Gasteiger partial charge < -0.3 is 0 Å². The summed E-state index contributed by atoms with van der Waals surface area (Å²) >= 11 is 6.02. The summed E-state index contributed by atoms with van der Waals surface area (Å²) < 4.78 is 0. The molecule has 0 aliphatic heterocycles. The third-order valence-corrected chi connectivity index (χ3v) is 2.91. The summed E-state index contributed by atoms with van der Waals surface area (Å²) in [4.78, 5) is 4.43. The van der Waals surface area contributed by atoms with E-state index in [9.17, 15) is 0 Å². The Morgan fingerprint density at radius 2 is 2.14 bits per heavy atom. The van der Waals surface area contributed by atoms with E-state index in [-0.39, 0.29) is 0 Å². The highest BCUT2D eigenvalue weighted by Gasteiger charge is 2.02. The molecule has 1 aromatic heterocycles. The van der Waals surface area contributed by atoms with Crippen LogP contribution in [0.1, 0.15) is 18.1 Å². The molecule has 0 spiro atoms. The molecule has 0 amide bonds. The standard InChI is InChI=1S/C12H12ClN/c1-3-9-6-10-4-5-11(13)8(2)12(10)14-7-9/h4-7H,3H2,1-2H3. The highest BCUT2D eigenvalue weighted by atomic mass is 35.5. The van der Waals surface area contributed by atoms with E-state index in [4.69, 9.17) is 11.6 Å². The molecule has 0 aliphatic carbocycles. The van der Waals surface area contributed by atoms with Gasteiger partial charge >= 0.3 is 0 Å². The molecule has 0 bridgehead atoms. The van der Waals surface area contributed by atoms with Gasteiger partial charge in [-0.2, -0.15) is 0 Å². The Morgan fingerprint density at radius 1 is 1.36 bits per heavy atom. The Labute approximate surface area is 88.7 Å². The van der Waals surface area contributed by atoms with Crippen molar-refractivity contribution in [1.29, 1.82) is 0 Å². The van der Waals surface area contributed by atoms with E-state index in [2.05, 4.69) is 18.0 Å². The first kappa shape index (κ1) is 9.47. The van der Waals surface area contributed by atoms with Crippen LogP contribution < -0.4 is 0 Å². The maximum Gasteiger partial charge on any atom is 0.0746 e. The van der Waals surface area contributed by atoms with Crippen LogP contribution in [0.3, 0.4) is 0 Å². The van der Waals surface area contributed by atoms with Gasteiger partial charge in [-0.3, -0.25) is 4.98 Å². The fourth-order valence-corrected chi connectivity index (χ4v) is 1.71. The lowest BCUT2D eigenvalue weighted by molar-refractivity contribution is 1.12. The Morgan fingerprint density at radius 3 is 2.86 bits per heavy atom. The molecule has 2 rings (SSSR count). The van der Waals surface area contributed by atoms with Gasteiger partial charge in [0.25, 0.3) is 0 Å². The van der Waals surface area contributed by atoms with Gasteiger partial charge in [0, 0.05) is 16.6 Å². The summed E-state index contributed by atoms with van der Waals surface area (Å²) in [5.74, 6) is 0. The van der Waals surface area contributed by atoms with Crippen molar-refractivity contribution in [2.75, 3.05) is 0 Å². The minimum atomic E-state index is 0.786. The van der Waals surface area contributed by atoms with Crippen LogP contribution in [0.15, 0.2) is 24.4 Å². The third-order valence-electron chi connectivity index (χ3n) is 2.50. The summed E-state index contributed by atoms with van der Waals surface area (Å²) in [7, 11) is 0. The second-order valence-electron chi connectivity index (χ2n) is 3.44. The van der Waals surface area contributed by atoms with Crippen molar-refractivity contribution in [2.45, 2.75) is 20.3 Å². The van der Waals surface area contributed by atoms with Crippen LogP contribution in [-0.2, 0) is 6.42 Å². The first-order valence-electron chi connectivity index (χ1n) is 4.76. The molecular formula is C12H12ClN. The smallest absolute Gasteiger partial charge is 0.0746 e. The molecule has 0 saturated heterocycles. The van der Waals surface area contributed by atoms with Crippen LogP contribution in [-0.4, -0.2) is 4.98 Å². The second-order valence-corrected chi connectivity index (χ2v) is 3.85. The van der Waals surface area contributed by atoms with E-state index in [1.165, 1.54) is 10.9 Å². The maximum atomic E-state index is 6.02. The van der Waals surface area contributed by atoms with Gasteiger partial charge in [0.15, 0.2) is 0 Å². The van der Waals surface area contributed by atoms with Crippen molar-refractivity contribution in [3.8, 4) is 0 Å². The van der Waals surface area contributed by atoms with Crippen LogP contribution in [0, 0.1) is 6.92 Å². The Kier molecular flexibility index (Phi) is 2.42. The van der Waals surface area contributed by atoms with Gasteiger partial charge in [-0.15, -0.1) is 0 Å². The van der Waals surface area contributed by atoms with E-state index in [1.807, 2.05) is 25.3 Å². The number of halogens is 1. The van der Waals surface area contributed by atoms with Crippen LogP contribution in [0.5, 0.6) is 0 Å². The number of fused-ring (bicyclic) bond motifs is 1. The SMILES string of the molecule is CCc1cnc2c(C)c(Cl)ccc2c1. The lowest BCUT2D eigenvalue weighted by Gasteiger charge is -2.04. The normalized spacial score (nSPS) is 10.8. The zero-order valence-electron chi connectivity index (χ0n) is 8.34. The maximum absolute atomic E-state index is 6.02. The van der Waals surface area contributed by atoms with E-state index in [1.54, 1.807) is 0 Å². The van der Waals surface area contributed by atoms with Crippen molar-refractivity contribution < 1.29 is 0 Å². The number of aromatic nitrogens is 1. The molecular weight excluding hydrogens is 194 g/mol. The zero-order chi connectivity index (χ0) is 10.1. The number of rotatable bonds is 1. The van der Waals surface area contributed by atoms with Crippen LogP contribution in [0.2, 0.25) is 5.02 Å². The number of benzene rings is 1. The molecule has 0 N–H and O–H groups in total. The van der Waals surface area contributed by atoms with Crippen molar-refractivity contribution in [2.24, 2.45) is 0 Å². The van der Waals surface area contributed by atoms with Crippen LogP contribution in [0.25, 0.3) is 10.9 Å². The predicted molar refractivity (Wildman–Crippen MR) is 60.9 cm³/mol. The van der Waals surface area contributed by atoms with Crippen molar-refractivity contribution in [1.82, 2.24) is 4.98 Å². The Bertz CT molecular complexity index is 477. The number of nitrogens with zero attached hydrogens (tertiary/aromatic N) is 1. The average molecular weight is 206 g/mol. The summed E-state index contributed by atoms with van der Waals surface area (Å²) in [6.45, 7) is 4.13. The van der Waals surface area contributed by atoms with E-state index >= 15 is 0 Å². The van der Waals surface area contributed by atoms with Crippen molar-refractivity contribution >= 4 is 22.5 Å². The quantitative estimate of drug-likeness (QED) is 0.691. The molecule has 1 aromatic carbocycles. The number of hydrogen-bond donors (Lipinski definition) is 0. The molecule has 2 aromatic rings. The Balaban J connectivity index is 2.74. The molecule has 0 unspecified atom stereocenters. The van der Waals surface area contributed by atoms with Gasteiger partial charge in [-0.05, 0) is 36.6 Å². The molecule has 0 aliphatic rings.